The van der Waals surface area contributed by atoms with Gasteiger partial charge in [-0.15, -0.1) is 5.06 Å². The lowest BCUT2D eigenvalue weighted by atomic mass is 9.54. The second kappa shape index (κ2) is 12.5. The van der Waals surface area contributed by atoms with Gasteiger partial charge in [-0.05, 0) is 31.6 Å². The maximum Gasteiger partial charge on any atom is 0.255 e. The van der Waals surface area contributed by atoms with Crippen molar-refractivity contribution in [3.8, 4) is 5.75 Å². The number of amides is 2. The Labute approximate surface area is 272 Å². The Hall–Kier alpha value is -3.98. The van der Waals surface area contributed by atoms with Gasteiger partial charge in [-0.3, -0.25) is 28.9 Å². The van der Waals surface area contributed by atoms with Gasteiger partial charge in [0.2, 0.25) is 11.7 Å². The van der Waals surface area contributed by atoms with Crippen LogP contribution in [0.3, 0.4) is 0 Å². The van der Waals surface area contributed by atoms with E-state index in [0.29, 0.717) is 0 Å². The summed E-state index contributed by atoms with van der Waals surface area (Å²) in [5, 5.41) is 90.6. The minimum absolute atomic E-state index is 0.222. The van der Waals surface area contributed by atoms with Gasteiger partial charge >= 0.3 is 0 Å². The molecule has 2 amide bonds. The van der Waals surface area contributed by atoms with Gasteiger partial charge in [0.15, 0.2) is 17.6 Å². The summed E-state index contributed by atoms with van der Waals surface area (Å²) < 4.78 is 5.30. The Morgan fingerprint density at radius 1 is 1.08 bits per heavy atom. The van der Waals surface area contributed by atoms with Crippen LogP contribution in [0.15, 0.2) is 29.0 Å². The summed E-state index contributed by atoms with van der Waals surface area (Å²) in [5.41, 5.74) is 0.238. The van der Waals surface area contributed by atoms with Gasteiger partial charge in [0.1, 0.15) is 47.7 Å². The number of rotatable bonds is 7. The van der Waals surface area contributed by atoms with Gasteiger partial charge in [-0.25, -0.2) is 0 Å². The topological polar surface area (TPSA) is 293 Å². The lowest BCUT2D eigenvalue weighted by Crippen LogP contribution is -2.70. The molecule has 0 radical (unpaired) electrons. The van der Waals surface area contributed by atoms with E-state index < -0.39 is 118 Å². The molecule has 1 aromatic carbocycles. The number of aliphatic hydroxyl groups is 7. The molecular formula is C30H38N4O14. The molecule has 1 aromatic rings. The van der Waals surface area contributed by atoms with Crippen molar-refractivity contribution in [3.05, 3.63) is 40.2 Å². The van der Waals surface area contributed by atoms with Crippen LogP contribution in [0.2, 0.25) is 0 Å². The van der Waals surface area contributed by atoms with E-state index in [1.165, 1.54) is 31.1 Å². The molecule has 1 heterocycles. The molecule has 10 atom stereocenters. The van der Waals surface area contributed by atoms with E-state index in [9.17, 15) is 60.0 Å². The number of anilines is 1. The number of likely N-dealkylation sites (N-methyl/N-ethyl adjacent to an activating group) is 1. The zero-order valence-electron chi connectivity index (χ0n) is 26.3. The van der Waals surface area contributed by atoms with Crippen LogP contribution < -0.4 is 11.1 Å². The monoisotopic (exact) mass is 678 g/mol. The number of phenols is 1. The van der Waals surface area contributed by atoms with Gasteiger partial charge in [0, 0.05) is 11.5 Å². The van der Waals surface area contributed by atoms with Crippen molar-refractivity contribution in [3.63, 3.8) is 0 Å². The summed E-state index contributed by atoms with van der Waals surface area (Å²) >= 11 is 0. The number of fused-ring (bicyclic) bond motifs is 3. The highest BCUT2D eigenvalue weighted by atomic mass is 16.7. The van der Waals surface area contributed by atoms with Crippen molar-refractivity contribution in [2.45, 2.75) is 55.1 Å². The maximum atomic E-state index is 14.1. The van der Waals surface area contributed by atoms with Crippen molar-refractivity contribution in [1.29, 1.82) is 0 Å². The van der Waals surface area contributed by atoms with E-state index in [-0.39, 0.29) is 23.4 Å². The Balaban J connectivity index is 1.53. The van der Waals surface area contributed by atoms with Gasteiger partial charge in [0.05, 0.1) is 43.0 Å². The molecule has 0 bridgehead atoms. The summed E-state index contributed by atoms with van der Waals surface area (Å²) in [4.78, 5) is 59.0. The van der Waals surface area contributed by atoms with Crippen molar-refractivity contribution < 1.29 is 69.6 Å². The normalized spacial score (nSPS) is 35.0. The lowest BCUT2D eigenvalue weighted by Gasteiger charge is -2.53. The third-order valence-electron chi connectivity index (χ3n) is 9.70. The van der Waals surface area contributed by atoms with E-state index >= 15 is 0 Å². The molecule has 1 unspecified atom stereocenters. The molecule has 11 N–H and O–H groups in total. The molecule has 1 aliphatic heterocycles. The quantitative estimate of drug-likeness (QED) is 0.0769. The van der Waals surface area contributed by atoms with E-state index in [2.05, 4.69) is 5.32 Å². The number of hydroxylamine groups is 2. The summed E-state index contributed by atoms with van der Waals surface area (Å²) in [6.45, 7) is 0.573. The van der Waals surface area contributed by atoms with Gasteiger partial charge in [0.25, 0.3) is 5.91 Å². The zero-order valence-corrected chi connectivity index (χ0v) is 26.3. The van der Waals surface area contributed by atoms with Crippen molar-refractivity contribution in [2.24, 2.45) is 17.6 Å². The van der Waals surface area contributed by atoms with Crippen LogP contribution in [-0.4, -0.2) is 151 Å². The van der Waals surface area contributed by atoms with Crippen LogP contribution in [0.4, 0.5) is 5.69 Å². The summed E-state index contributed by atoms with van der Waals surface area (Å²) in [6, 6.07) is 1.21. The standard InChI is InChI=1S/C30H38N4O14/c1-9-10-5-6-11(32-13(36)7-34(47-4)29-25(42)21(38)12(35)8-48-29)20(37)15(10)22(39)16-14(9)23(40)18-19(33(2)3)24(41)17(28(31)45)27(44)30(18,46)26(16)43/h5-6,9,12,14,18-19,21,23,25,29,35,37-40,42,44,46H,7-8H2,1-4H3,(H2,31,45)(H,32,36)/t9-,12+,14+,18+,19-,21+,23-,25-,29?,30-/m0/s1. The average molecular weight is 679 g/mol. The second-order valence-electron chi connectivity index (χ2n) is 12.6. The van der Waals surface area contributed by atoms with Crippen molar-refractivity contribution in [2.75, 3.05) is 39.7 Å². The molecule has 3 aliphatic carbocycles. The molecule has 0 aromatic heterocycles. The average Bonchev–Trinajstić information content (AvgIpc) is 3.01. The maximum absolute atomic E-state index is 14.1. The third kappa shape index (κ3) is 5.08. The number of carbonyl (C=O) groups excluding carboxylic acids is 4. The van der Waals surface area contributed by atoms with Crippen LogP contribution in [0.25, 0.3) is 5.76 Å². The van der Waals surface area contributed by atoms with Crippen LogP contribution in [0.1, 0.15) is 24.0 Å². The summed E-state index contributed by atoms with van der Waals surface area (Å²) in [5.74, 6) is -11.4. The highest BCUT2D eigenvalue weighted by molar-refractivity contribution is 6.24. The lowest BCUT2D eigenvalue weighted by molar-refractivity contribution is -0.302. The first-order valence-corrected chi connectivity index (χ1v) is 14.9. The first-order chi connectivity index (χ1) is 22.4. The first kappa shape index (κ1) is 35.3. The molecule has 1 saturated heterocycles. The smallest absolute Gasteiger partial charge is 0.255 e. The van der Waals surface area contributed by atoms with Crippen LogP contribution in [0, 0.1) is 11.8 Å². The molecule has 0 spiro atoms. The molecule has 1 saturated carbocycles. The molecule has 2 fully saturated rings. The molecule has 5 rings (SSSR count). The fourth-order valence-electron chi connectivity index (χ4n) is 7.35. The first-order valence-electron chi connectivity index (χ1n) is 14.9. The fraction of sp³-hybridized carbons (Fsp3) is 0.533. The van der Waals surface area contributed by atoms with Crippen LogP contribution in [-0.2, 0) is 28.8 Å². The largest absolute Gasteiger partial charge is 0.508 e. The van der Waals surface area contributed by atoms with Gasteiger partial charge in [-0.1, -0.05) is 13.0 Å². The minimum Gasteiger partial charge on any atom is -0.508 e. The molecule has 48 heavy (non-hydrogen) atoms. The number of hydrogen-bond donors (Lipinski definition) is 10. The number of primary amides is 1. The third-order valence-corrected chi connectivity index (χ3v) is 9.70. The van der Waals surface area contributed by atoms with Gasteiger partial charge < -0.3 is 56.6 Å². The van der Waals surface area contributed by atoms with Crippen LogP contribution in [0.5, 0.6) is 5.75 Å². The van der Waals surface area contributed by atoms with Crippen molar-refractivity contribution in [1.82, 2.24) is 9.96 Å². The number of ether oxygens (including phenoxy) is 1. The predicted octanol–water partition coefficient (Wildman–Crippen LogP) is -3.26. The molecular weight excluding hydrogens is 640 g/mol. The second-order valence-corrected chi connectivity index (χ2v) is 12.6. The zero-order chi connectivity index (χ0) is 35.7. The molecule has 18 nitrogen and oxygen atoms in total. The number of nitrogens with one attached hydrogen (secondary N) is 1. The fourth-order valence-corrected chi connectivity index (χ4v) is 7.35. The number of aromatic hydroxyl groups is 1. The highest BCUT2D eigenvalue weighted by Crippen LogP contribution is 2.56. The number of nitrogens with zero attached hydrogens (tertiary/aromatic N) is 2. The number of carbonyl (C=O) groups is 4. The van der Waals surface area contributed by atoms with E-state index in [4.69, 9.17) is 15.3 Å². The Morgan fingerprint density at radius 3 is 2.31 bits per heavy atom. The minimum atomic E-state index is -3.08. The Morgan fingerprint density at radius 2 is 1.73 bits per heavy atom. The SMILES string of the molecule is CON(CC(=O)Nc1ccc2c(c1O)C(O)=C1C(=O)[C@]3(O)C(O)=C(C(N)=O)C(=O)[C@@H](N(C)C)[C@@H]3[C@@H](O)[C@@H]1[C@H]2C)C1OC[C@@H](O)[C@@H](O)[C@@H]1O. The van der Waals surface area contributed by atoms with E-state index in [1.54, 1.807) is 6.92 Å². The number of benzene rings is 1. The van der Waals surface area contributed by atoms with Gasteiger partial charge in [-0.2, -0.15) is 0 Å². The highest BCUT2D eigenvalue weighted by Gasteiger charge is 2.68. The Kier molecular flexibility index (Phi) is 9.18. The number of phenolic OH excluding ortho intramolecular Hbond substituents is 1. The Bertz CT molecular complexity index is 1630. The van der Waals surface area contributed by atoms with Crippen LogP contribution >= 0.6 is 0 Å². The number of aliphatic hydroxyl groups excluding tert-OH is 6. The van der Waals surface area contributed by atoms with E-state index in [1.807, 2.05) is 0 Å². The number of nitrogens with two attached hydrogens (primary N) is 1. The number of ketones is 2. The summed E-state index contributed by atoms with van der Waals surface area (Å²) in [7, 11) is 3.97. The molecule has 262 valence electrons. The summed E-state index contributed by atoms with van der Waals surface area (Å²) in [6.07, 6.45) is -7.74. The van der Waals surface area contributed by atoms with E-state index in [0.717, 1.165) is 12.2 Å². The predicted molar refractivity (Wildman–Crippen MR) is 160 cm³/mol. The number of Topliss-reactive ketones (excluding diaryl/α,β-unsaturated/α-hetero) is 2. The molecule has 18 heteroatoms. The number of hydrogen-bond acceptors (Lipinski definition) is 16. The molecule has 4 aliphatic rings. The van der Waals surface area contributed by atoms with Crippen molar-refractivity contribution >= 4 is 34.8 Å².